The summed E-state index contributed by atoms with van der Waals surface area (Å²) in [6, 6.07) is 11.0. The molecule has 6 nitrogen and oxygen atoms in total. The van der Waals surface area contributed by atoms with Gasteiger partial charge in [-0.2, -0.15) is 0 Å². The van der Waals surface area contributed by atoms with Gasteiger partial charge >= 0.3 is 0 Å². The summed E-state index contributed by atoms with van der Waals surface area (Å²) < 4.78 is 15.7. The Hall–Kier alpha value is -3.15. The van der Waals surface area contributed by atoms with Crippen LogP contribution in [0.1, 0.15) is 5.56 Å². The average molecular weight is 340 g/mol. The van der Waals surface area contributed by atoms with E-state index in [0.29, 0.717) is 17.2 Å². The van der Waals surface area contributed by atoms with Gasteiger partial charge in [-0.1, -0.05) is 0 Å². The van der Waals surface area contributed by atoms with Crippen LogP contribution in [0.25, 0.3) is 10.9 Å². The second kappa shape index (κ2) is 7.17. The highest BCUT2D eigenvalue weighted by atomic mass is 16.5. The fourth-order valence-corrected chi connectivity index (χ4v) is 2.72. The van der Waals surface area contributed by atoms with Gasteiger partial charge < -0.3 is 24.5 Å². The van der Waals surface area contributed by atoms with E-state index in [0.717, 1.165) is 22.2 Å². The third kappa shape index (κ3) is 3.52. The summed E-state index contributed by atoms with van der Waals surface area (Å²) in [5.74, 6) is 1.82. The number of hydrogen-bond acceptors (Lipinski definition) is 4. The predicted octanol–water partition coefficient (Wildman–Crippen LogP) is 3.37. The van der Waals surface area contributed by atoms with Crippen LogP contribution in [0.2, 0.25) is 0 Å². The Balaban J connectivity index is 1.77. The molecular formula is C19H20N2O4. The van der Waals surface area contributed by atoms with E-state index in [9.17, 15) is 4.79 Å². The van der Waals surface area contributed by atoms with Gasteiger partial charge in [0.1, 0.15) is 5.75 Å². The Morgan fingerprint density at radius 1 is 1.00 bits per heavy atom. The first kappa shape index (κ1) is 16.7. The lowest BCUT2D eigenvalue weighted by Crippen LogP contribution is -2.14. The number of amides is 1. The molecule has 0 radical (unpaired) electrons. The highest BCUT2D eigenvalue weighted by molar-refractivity contribution is 5.96. The van der Waals surface area contributed by atoms with E-state index in [4.69, 9.17) is 14.2 Å². The Morgan fingerprint density at radius 2 is 1.80 bits per heavy atom. The number of aromatic amines is 1. The summed E-state index contributed by atoms with van der Waals surface area (Å²) in [7, 11) is 4.75. The minimum absolute atomic E-state index is 0.115. The SMILES string of the molecule is COc1ccc2[nH]cc(CC(=O)Nc3ccc(OC)c(OC)c3)c2c1. The Morgan fingerprint density at radius 3 is 2.52 bits per heavy atom. The van der Waals surface area contributed by atoms with Crippen LogP contribution in [0.5, 0.6) is 17.2 Å². The van der Waals surface area contributed by atoms with Gasteiger partial charge in [0.15, 0.2) is 11.5 Å². The molecule has 1 aromatic heterocycles. The fourth-order valence-electron chi connectivity index (χ4n) is 2.72. The molecule has 6 heteroatoms. The number of carbonyl (C=O) groups is 1. The van der Waals surface area contributed by atoms with Crippen molar-refractivity contribution in [1.82, 2.24) is 4.98 Å². The maximum Gasteiger partial charge on any atom is 0.228 e. The lowest BCUT2D eigenvalue weighted by Gasteiger charge is -2.10. The van der Waals surface area contributed by atoms with Gasteiger partial charge in [0, 0.05) is 28.9 Å². The van der Waals surface area contributed by atoms with Crippen molar-refractivity contribution >= 4 is 22.5 Å². The van der Waals surface area contributed by atoms with Gasteiger partial charge in [0.2, 0.25) is 5.91 Å². The summed E-state index contributed by atoms with van der Waals surface area (Å²) in [5, 5.41) is 3.85. The van der Waals surface area contributed by atoms with Crippen molar-refractivity contribution in [3.05, 3.63) is 48.2 Å². The Labute approximate surface area is 145 Å². The summed E-state index contributed by atoms with van der Waals surface area (Å²) in [4.78, 5) is 15.6. The van der Waals surface area contributed by atoms with Crippen molar-refractivity contribution < 1.29 is 19.0 Å². The zero-order valence-corrected chi connectivity index (χ0v) is 14.4. The second-order valence-corrected chi connectivity index (χ2v) is 5.52. The minimum Gasteiger partial charge on any atom is -0.497 e. The smallest absolute Gasteiger partial charge is 0.228 e. The van der Waals surface area contributed by atoms with Crippen LogP contribution < -0.4 is 19.5 Å². The molecule has 0 unspecified atom stereocenters. The van der Waals surface area contributed by atoms with Crippen molar-refractivity contribution in [1.29, 1.82) is 0 Å². The number of ether oxygens (including phenoxy) is 3. The molecule has 0 aliphatic heterocycles. The molecule has 3 rings (SSSR count). The van der Waals surface area contributed by atoms with E-state index in [1.807, 2.05) is 24.4 Å². The van der Waals surface area contributed by atoms with E-state index in [-0.39, 0.29) is 12.3 Å². The molecule has 0 aliphatic rings. The van der Waals surface area contributed by atoms with Crippen molar-refractivity contribution in [3.8, 4) is 17.2 Å². The summed E-state index contributed by atoms with van der Waals surface area (Å²) in [5.41, 5.74) is 2.53. The fraction of sp³-hybridized carbons (Fsp3) is 0.211. The normalized spacial score (nSPS) is 10.5. The predicted molar refractivity (Wildman–Crippen MR) is 96.7 cm³/mol. The van der Waals surface area contributed by atoms with Crippen LogP contribution in [0.3, 0.4) is 0 Å². The molecule has 2 aromatic carbocycles. The molecule has 0 atom stereocenters. The van der Waals surface area contributed by atoms with Gasteiger partial charge in [-0.15, -0.1) is 0 Å². The van der Waals surface area contributed by atoms with Crippen molar-refractivity contribution in [3.63, 3.8) is 0 Å². The average Bonchev–Trinajstić information content (AvgIpc) is 3.03. The standard InChI is InChI=1S/C19H20N2O4/c1-23-14-5-6-16-15(10-14)12(11-20-16)8-19(22)21-13-4-7-17(24-2)18(9-13)25-3/h4-7,9-11,20H,8H2,1-3H3,(H,21,22). The number of benzene rings is 2. The molecule has 0 bridgehead atoms. The topological polar surface area (TPSA) is 72.6 Å². The van der Waals surface area contributed by atoms with Gasteiger partial charge in [-0.3, -0.25) is 4.79 Å². The van der Waals surface area contributed by atoms with Crippen LogP contribution in [-0.4, -0.2) is 32.2 Å². The zero-order valence-electron chi connectivity index (χ0n) is 14.4. The van der Waals surface area contributed by atoms with E-state index >= 15 is 0 Å². The quantitative estimate of drug-likeness (QED) is 0.721. The number of anilines is 1. The Bertz CT molecular complexity index is 902. The molecule has 0 spiro atoms. The molecule has 0 aliphatic carbocycles. The molecule has 0 saturated carbocycles. The summed E-state index contributed by atoms with van der Waals surface area (Å²) in [6.45, 7) is 0. The van der Waals surface area contributed by atoms with Gasteiger partial charge in [0.25, 0.3) is 0 Å². The van der Waals surface area contributed by atoms with Crippen molar-refractivity contribution in [2.45, 2.75) is 6.42 Å². The van der Waals surface area contributed by atoms with Gasteiger partial charge in [-0.25, -0.2) is 0 Å². The molecule has 0 saturated heterocycles. The molecule has 0 fully saturated rings. The number of fused-ring (bicyclic) bond motifs is 1. The molecule has 1 amide bonds. The van der Waals surface area contributed by atoms with E-state index in [1.165, 1.54) is 0 Å². The Kier molecular flexibility index (Phi) is 4.79. The monoisotopic (exact) mass is 340 g/mol. The van der Waals surface area contributed by atoms with E-state index in [1.54, 1.807) is 39.5 Å². The largest absolute Gasteiger partial charge is 0.497 e. The van der Waals surface area contributed by atoms with Crippen LogP contribution >= 0.6 is 0 Å². The molecule has 3 aromatic rings. The second-order valence-electron chi connectivity index (χ2n) is 5.52. The van der Waals surface area contributed by atoms with Gasteiger partial charge in [0.05, 0.1) is 27.8 Å². The number of hydrogen-bond donors (Lipinski definition) is 2. The van der Waals surface area contributed by atoms with Crippen LogP contribution in [-0.2, 0) is 11.2 Å². The van der Waals surface area contributed by atoms with E-state index < -0.39 is 0 Å². The number of nitrogens with one attached hydrogen (secondary N) is 2. The molecule has 1 heterocycles. The maximum atomic E-state index is 12.4. The van der Waals surface area contributed by atoms with Crippen molar-refractivity contribution in [2.24, 2.45) is 0 Å². The highest BCUT2D eigenvalue weighted by Crippen LogP contribution is 2.30. The zero-order chi connectivity index (χ0) is 17.8. The first-order valence-corrected chi connectivity index (χ1v) is 7.80. The van der Waals surface area contributed by atoms with Crippen molar-refractivity contribution in [2.75, 3.05) is 26.6 Å². The maximum absolute atomic E-state index is 12.4. The minimum atomic E-state index is -0.115. The highest BCUT2D eigenvalue weighted by Gasteiger charge is 2.11. The summed E-state index contributed by atoms with van der Waals surface area (Å²) in [6.07, 6.45) is 2.10. The van der Waals surface area contributed by atoms with Crippen LogP contribution in [0.15, 0.2) is 42.6 Å². The first-order valence-electron chi connectivity index (χ1n) is 7.80. The van der Waals surface area contributed by atoms with Crippen LogP contribution in [0.4, 0.5) is 5.69 Å². The van der Waals surface area contributed by atoms with Crippen LogP contribution in [0, 0.1) is 0 Å². The first-order chi connectivity index (χ1) is 12.1. The number of H-pyrrole nitrogens is 1. The number of rotatable bonds is 6. The molecule has 130 valence electrons. The van der Waals surface area contributed by atoms with Gasteiger partial charge in [-0.05, 0) is 35.9 Å². The molecular weight excluding hydrogens is 320 g/mol. The third-order valence-corrected chi connectivity index (χ3v) is 3.99. The number of carbonyl (C=O) groups excluding carboxylic acids is 1. The number of methoxy groups -OCH3 is 3. The lowest BCUT2D eigenvalue weighted by atomic mass is 10.1. The number of aromatic nitrogens is 1. The summed E-state index contributed by atoms with van der Waals surface area (Å²) >= 11 is 0. The molecule has 2 N–H and O–H groups in total. The lowest BCUT2D eigenvalue weighted by molar-refractivity contribution is -0.115. The van der Waals surface area contributed by atoms with E-state index in [2.05, 4.69) is 10.3 Å². The molecule has 25 heavy (non-hydrogen) atoms. The third-order valence-electron chi connectivity index (χ3n) is 3.99.